The highest BCUT2D eigenvalue weighted by Crippen LogP contribution is 2.13. The van der Waals surface area contributed by atoms with E-state index in [1.807, 2.05) is 6.92 Å². The minimum Gasteiger partial charge on any atom is -0.386 e. The van der Waals surface area contributed by atoms with Crippen LogP contribution in [-0.2, 0) is 9.47 Å². The highest BCUT2D eigenvalue weighted by atomic mass is 16.5. The fourth-order valence-electron chi connectivity index (χ4n) is 1.79. The molecule has 1 fully saturated rings. The minimum atomic E-state index is -0.787. The van der Waals surface area contributed by atoms with Crippen LogP contribution in [0.3, 0.4) is 0 Å². The van der Waals surface area contributed by atoms with Crippen molar-refractivity contribution in [2.45, 2.75) is 44.8 Å². The Balaban J connectivity index is 2.08. The summed E-state index contributed by atoms with van der Waals surface area (Å²) in [6, 6.07) is 0. The molecule has 2 N–H and O–H groups in total. The van der Waals surface area contributed by atoms with Crippen molar-refractivity contribution in [3.05, 3.63) is 0 Å². The molecule has 1 saturated heterocycles. The van der Waals surface area contributed by atoms with Crippen LogP contribution < -0.4 is 5.32 Å². The molecule has 4 nitrogen and oxygen atoms in total. The van der Waals surface area contributed by atoms with Gasteiger partial charge in [-0.05, 0) is 32.7 Å². The Morgan fingerprint density at radius 3 is 2.94 bits per heavy atom. The maximum Gasteiger partial charge on any atom is 0.0975 e. The summed E-state index contributed by atoms with van der Waals surface area (Å²) >= 11 is 0. The Morgan fingerprint density at radius 1 is 1.50 bits per heavy atom. The quantitative estimate of drug-likeness (QED) is 0.684. The van der Waals surface area contributed by atoms with E-state index < -0.39 is 5.60 Å². The third-order valence-electron chi connectivity index (χ3n) is 2.75. The van der Waals surface area contributed by atoms with Crippen molar-refractivity contribution in [3.63, 3.8) is 0 Å². The van der Waals surface area contributed by atoms with Crippen LogP contribution in [0, 0.1) is 0 Å². The van der Waals surface area contributed by atoms with Crippen LogP contribution >= 0.6 is 0 Å². The summed E-state index contributed by atoms with van der Waals surface area (Å²) in [5.74, 6) is 0. The normalized spacial score (nSPS) is 25.3. The summed E-state index contributed by atoms with van der Waals surface area (Å²) in [4.78, 5) is 0. The lowest BCUT2D eigenvalue weighted by Gasteiger charge is -2.26. The molecular weight excluding hydrogens is 206 g/mol. The van der Waals surface area contributed by atoms with Gasteiger partial charge >= 0.3 is 0 Å². The molecule has 1 aliphatic heterocycles. The number of nitrogens with one attached hydrogen (secondary N) is 1. The van der Waals surface area contributed by atoms with Gasteiger partial charge in [0.15, 0.2) is 0 Å². The number of hydrogen-bond acceptors (Lipinski definition) is 4. The maximum atomic E-state index is 9.95. The van der Waals surface area contributed by atoms with Crippen LogP contribution in [0.25, 0.3) is 0 Å². The molecule has 0 radical (unpaired) electrons. The zero-order valence-corrected chi connectivity index (χ0v) is 10.5. The molecule has 0 aromatic heterocycles. The number of likely N-dealkylation sites (N-methyl/N-ethyl adjacent to an activating group) is 1. The summed E-state index contributed by atoms with van der Waals surface area (Å²) in [5, 5.41) is 13.1. The summed E-state index contributed by atoms with van der Waals surface area (Å²) in [7, 11) is 0. The molecule has 4 heteroatoms. The molecule has 16 heavy (non-hydrogen) atoms. The topological polar surface area (TPSA) is 50.7 Å². The predicted molar refractivity (Wildman–Crippen MR) is 63.6 cm³/mol. The van der Waals surface area contributed by atoms with E-state index in [2.05, 4.69) is 5.32 Å². The van der Waals surface area contributed by atoms with Gasteiger partial charge < -0.3 is 19.9 Å². The van der Waals surface area contributed by atoms with Crippen molar-refractivity contribution in [1.29, 1.82) is 0 Å². The van der Waals surface area contributed by atoms with Crippen LogP contribution in [0.1, 0.15) is 33.1 Å². The average Bonchev–Trinajstić information content (AvgIpc) is 2.28. The lowest BCUT2D eigenvalue weighted by Crippen LogP contribution is -2.42. The van der Waals surface area contributed by atoms with Crippen molar-refractivity contribution in [1.82, 2.24) is 5.32 Å². The molecule has 0 saturated carbocycles. The van der Waals surface area contributed by atoms with Gasteiger partial charge in [-0.15, -0.1) is 0 Å². The van der Waals surface area contributed by atoms with Gasteiger partial charge in [-0.3, -0.25) is 0 Å². The highest BCUT2D eigenvalue weighted by Gasteiger charge is 2.21. The van der Waals surface area contributed by atoms with E-state index in [9.17, 15) is 5.11 Å². The van der Waals surface area contributed by atoms with Crippen LogP contribution in [0.15, 0.2) is 0 Å². The second kappa shape index (κ2) is 7.22. The molecule has 2 unspecified atom stereocenters. The molecule has 0 spiro atoms. The fraction of sp³-hybridized carbons (Fsp3) is 1.00. The monoisotopic (exact) mass is 231 g/mol. The fourth-order valence-corrected chi connectivity index (χ4v) is 1.79. The smallest absolute Gasteiger partial charge is 0.0975 e. The molecular formula is C12H25NO3. The molecule has 0 aliphatic carbocycles. The number of aliphatic hydroxyl groups is 1. The third-order valence-corrected chi connectivity index (χ3v) is 2.75. The molecule has 0 bridgehead atoms. The minimum absolute atomic E-state index is 0.226. The molecule has 1 rings (SSSR count). The van der Waals surface area contributed by atoms with E-state index in [1.165, 1.54) is 6.42 Å². The van der Waals surface area contributed by atoms with Gasteiger partial charge in [0.05, 0.1) is 24.9 Å². The Morgan fingerprint density at radius 2 is 2.31 bits per heavy atom. The maximum absolute atomic E-state index is 9.95. The summed E-state index contributed by atoms with van der Waals surface area (Å²) in [5.41, 5.74) is -0.787. The molecule has 1 heterocycles. The Hall–Kier alpha value is -0.160. The van der Waals surface area contributed by atoms with Gasteiger partial charge in [0.25, 0.3) is 0 Å². The standard InChI is InChI=1S/C12H25NO3/c1-3-13-9-12(2,14)10-15-8-11-6-4-5-7-16-11/h11,13-14H,3-10H2,1-2H3. The van der Waals surface area contributed by atoms with Crippen LogP contribution in [0.4, 0.5) is 0 Å². The average molecular weight is 231 g/mol. The third kappa shape index (κ3) is 5.80. The van der Waals surface area contributed by atoms with Crippen LogP contribution in [0.5, 0.6) is 0 Å². The molecule has 0 aromatic carbocycles. The first-order valence-electron chi connectivity index (χ1n) is 6.26. The first kappa shape index (κ1) is 13.9. The molecule has 0 amide bonds. The SMILES string of the molecule is CCNCC(C)(O)COCC1CCCCO1. The molecule has 0 aromatic rings. The van der Waals surface area contributed by atoms with Crippen molar-refractivity contribution < 1.29 is 14.6 Å². The zero-order valence-electron chi connectivity index (χ0n) is 10.5. The first-order valence-corrected chi connectivity index (χ1v) is 6.26. The van der Waals surface area contributed by atoms with Crippen LogP contribution in [-0.4, -0.2) is 49.7 Å². The van der Waals surface area contributed by atoms with Crippen molar-refractivity contribution in [2.75, 3.05) is 32.9 Å². The van der Waals surface area contributed by atoms with E-state index in [0.717, 1.165) is 26.0 Å². The lowest BCUT2D eigenvalue weighted by atomic mass is 10.1. The number of hydrogen-bond donors (Lipinski definition) is 2. The lowest BCUT2D eigenvalue weighted by molar-refractivity contribution is -0.0806. The van der Waals surface area contributed by atoms with Gasteiger partial charge in [0, 0.05) is 13.2 Å². The largest absolute Gasteiger partial charge is 0.386 e. The van der Waals surface area contributed by atoms with Gasteiger partial charge in [0.1, 0.15) is 0 Å². The summed E-state index contributed by atoms with van der Waals surface area (Å²) in [6.07, 6.45) is 3.69. The molecule has 1 aliphatic rings. The van der Waals surface area contributed by atoms with Gasteiger partial charge in [-0.25, -0.2) is 0 Å². The summed E-state index contributed by atoms with van der Waals surface area (Å²) < 4.78 is 11.1. The van der Waals surface area contributed by atoms with E-state index in [1.54, 1.807) is 6.92 Å². The second-order valence-electron chi connectivity index (χ2n) is 4.78. The van der Waals surface area contributed by atoms with Crippen LogP contribution in [0.2, 0.25) is 0 Å². The van der Waals surface area contributed by atoms with E-state index >= 15 is 0 Å². The first-order chi connectivity index (χ1) is 7.64. The number of rotatable bonds is 7. The van der Waals surface area contributed by atoms with Crippen molar-refractivity contribution >= 4 is 0 Å². The Kier molecular flexibility index (Phi) is 6.28. The Bertz CT molecular complexity index is 179. The Labute approximate surface area is 98.3 Å². The van der Waals surface area contributed by atoms with E-state index in [-0.39, 0.29) is 6.10 Å². The molecule has 2 atom stereocenters. The van der Waals surface area contributed by atoms with E-state index in [4.69, 9.17) is 9.47 Å². The summed E-state index contributed by atoms with van der Waals surface area (Å²) in [6.45, 7) is 7.05. The van der Waals surface area contributed by atoms with Gasteiger partial charge in [0.2, 0.25) is 0 Å². The zero-order chi connectivity index (χ0) is 11.9. The van der Waals surface area contributed by atoms with Crippen molar-refractivity contribution in [3.8, 4) is 0 Å². The highest BCUT2D eigenvalue weighted by molar-refractivity contribution is 4.75. The predicted octanol–water partition coefficient (Wildman–Crippen LogP) is 0.933. The van der Waals surface area contributed by atoms with Gasteiger partial charge in [-0.2, -0.15) is 0 Å². The van der Waals surface area contributed by atoms with E-state index in [0.29, 0.717) is 19.8 Å². The number of ether oxygens (including phenoxy) is 2. The van der Waals surface area contributed by atoms with Gasteiger partial charge in [-0.1, -0.05) is 6.92 Å². The second-order valence-corrected chi connectivity index (χ2v) is 4.78. The van der Waals surface area contributed by atoms with Crippen molar-refractivity contribution in [2.24, 2.45) is 0 Å². The molecule has 96 valence electrons.